The molecule has 2 bridgehead atoms. The maximum atomic E-state index is 14.1. The molecule has 0 aliphatic carbocycles. The maximum Gasteiger partial charge on any atom is 0.245 e. The SMILES string of the molecule is CC[C@@H](CO)N1C(=O)[C@@H]2[C@@H](C(=O)NCc3ccccc3)[C@@]3(C)CCC2(O3)C1C(=O)NCCN1CCOCC1. The zero-order valence-electron chi connectivity index (χ0n) is 22.4. The van der Waals surface area contributed by atoms with E-state index in [1.807, 2.05) is 44.2 Å². The molecule has 1 aromatic rings. The Morgan fingerprint density at radius 3 is 2.55 bits per heavy atom. The second kappa shape index (κ2) is 10.9. The van der Waals surface area contributed by atoms with E-state index in [9.17, 15) is 19.5 Å². The highest BCUT2D eigenvalue weighted by Gasteiger charge is 2.78. The third-order valence-corrected chi connectivity index (χ3v) is 8.96. The minimum atomic E-state index is -1.09. The second-order valence-corrected chi connectivity index (χ2v) is 11.2. The van der Waals surface area contributed by atoms with Crippen LogP contribution in [0.4, 0.5) is 0 Å². The van der Waals surface area contributed by atoms with E-state index >= 15 is 0 Å². The van der Waals surface area contributed by atoms with Crippen molar-refractivity contribution in [3.63, 3.8) is 0 Å². The number of carbonyl (C=O) groups excluding carboxylic acids is 3. The highest BCUT2D eigenvalue weighted by Crippen LogP contribution is 2.63. The smallest absolute Gasteiger partial charge is 0.245 e. The molecule has 10 nitrogen and oxygen atoms in total. The van der Waals surface area contributed by atoms with Gasteiger partial charge in [0.25, 0.3) is 0 Å². The second-order valence-electron chi connectivity index (χ2n) is 11.2. The summed E-state index contributed by atoms with van der Waals surface area (Å²) >= 11 is 0. The van der Waals surface area contributed by atoms with Crippen LogP contribution in [0.5, 0.6) is 0 Å². The summed E-state index contributed by atoms with van der Waals surface area (Å²) in [4.78, 5) is 45.2. The highest BCUT2D eigenvalue weighted by atomic mass is 16.5. The first-order valence-corrected chi connectivity index (χ1v) is 13.9. The van der Waals surface area contributed by atoms with Gasteiger partial charge in [0.2, 0.25) is 17.7 Å². The normalized spacial score (nSPS) is 33.3. The fourth-order valence-corrected chi connectivity index (χ4v) is 7.02. The summed E-state index contributed by atoms with van der Waals surface area (Å²) in [7, 11) is 0. The summed E-state index contributed by atoms with van der Waals surface area (Å²) in [6.45, 7) is 7.99. The van der Waals surface area contributed by atoms with Crippen molar-refractivity contribution >= 4 is 17.7 Å². The van der Waals surface area contributed by atoms with Gasteiger partial charge in [-0.3, -0.25) is 19.3 Å². The molecule has 4 saturated heterocycles. The van der Waals surface area contributed by atoms with Gasteiger partial charge in [-0.15, -0.1) is 0 Å². The first kappa shape index (κ1) is 27.1. The number of hydrogen-bond donors (Lipinski definition) is 3. The number of nitrogens with one attached hydrogen (secondary N) is 2. The van der Waals surface area contributed by atoms with Crippen LogP contribution >= 0.6 is 0 Å². The zero-order valence-corrected chi connectivity index (χ0v) is 22.4. The number of rotatable bonds is 10. The molecule has 0 saturated carbocycles. The van der Waals surface area contributed by atoms with Crippen LogP contribution in [-0.4, -0.2) is 102 Å². The van der Waals surface area contributed by atoms with E-state index in [0.717, 1.165) is 18.7 Å². The molecule has 10 heteroatoms. The van der Waals surface area contributed by atoms with Crippen LogP contribution in [0, 0.1) is 11.8 Å². The van der Waals surface area contributed by atoms with E-state index in [0.29, 0.717) is 52.1 Å². The molecule has 4 fully saturated rings. The molecule has 208 valence electrons. The number of aliphatic hydroxyl groups excluding tert-OH is 1. The predicted octanol–water partition coefficient (Wildman–Crippen LogP) is 0.287. The molecule has 6 atom stereocenters. The van der Waals surface area contributed by atoms with Gasteiger partial charge in [0, 0.05) is 32.7 Å². The van der Waals surface area contributed by atoms with Gasteiger partial charge < -0.3 is 30.1 Å². The Bertz CT molecular complexity index is 1030. The predicted molar refractivity (Wildman–Crippen MR) is 139 cm³/mol. The lowest BCUT2D eigenvalue weighted by Gasteiger charge is -2.37. The summed E-state index contributed by atoms with van der Waals surface area (Å²) in [5.74, 6) is -2.27. The van der Waals surface area contributed by atoms with Crippen molar-refractivity contribution in [2.24, 2.45) is 11.8 Å². The molecule has 4 aliphatic heterocycles. The largest absolute Gasteiger partial charge is 0.394 e. The Morgan fingerprint density at radius 1 is 1.13 bits per heavy atom. The standard InChI is InChI=1S/C28H40N4O6/c1-3-20(18-33)32-23(25(35)29-11-12-31-13-15-37-16-14-31)28-10-9-27(2,38-28)21(22(28)26(32)36)24(34)30-17-19-7-5-4-6-8-19/h4-8,20-23,33H,3,9-18H2,1-2H3,(H,29,35)(H,30,34)/t20-,21-,22-,23?,27+,28?/m0/s1. The molecule has 1 spiro atoms. The van der Waals surface area contributed by atoms with E-state index in [1.165, 1.54) is 4.90 Å². The number of hydrogen-bond acceptors (Lipinski definition) is 7. The minimum absolute atomic E-state index is 0.235. The quantitative estimate of drug-likeness (QED) is 0.399. The molecule has 5 rings (SSSR count). The van der Waals surface area contributed by atoms with Crippen LogP contribution in [-0.2, 0) is 30.4 Å². The Balaban J connectivity index is 1.38. The number of carbonyl (C=O) groups is 3. The molecule has 38 heavy (non-hydrogen) atoms. The van der Waals surface area contributed by atoms with Crippen molar-refractivity contribution in [2.75, 3.05) is 46.0 Å². The van der Waals surface area contributed by atoms with E-state index < -0.39 is 35.1 Å². The lowest BCUT2D eigenvalue weighted by atomic mass is 9.66. The van der Waals surface area contributed by atoms with Gasteiger partial charge in [0.1, 0.15) is 11.6 Å². The van der Waals surface area contributed by atoms with Gasteiger partial charge in [-0.25, -0.2) is 0 Å². The number of amides is 3. The van der Waals surface area contributed by atoms with Crippen molar-refractivity contribution in [1.82, 2.24) is 20.4 Å². The zero-order chi connectivity index (χ0) is 26.9. The van der Waals surface area contributed by atoms with Gasteiger partial charge in [-0.2, -0.15) is 0 Å². The van der Waals surface area contributed by atoms with Crippen LogP contribution in [0.3, 0.4) is 0 Å². The minimum Gasteiger partial charge on any atom is -0.394 e. The van der Waals surface area contributed by atoms with Crippen LogP contribution in [0.25, 0.3) is 0 Å². The molecule has 4 aliphatic rings. The van der Waals surface area contributed by atoms with Crippen LogP contribution in [0.15, 0.2) is 30.3 Å². The number of nitrogens with zero attached hydrogens (tertiary/aromatic N) is 2. The molecular formula is C28H40N4O6. The van der Waals surface area contributed by atoms with Crippen molar-refractivity contribution in [3.8, 4) is 0 Å². The number of morpholine rings is 1. The lowest BCUT2D eigenvalue weighted by molar-refractivity contribution is -0.149. The Labute approximate surface area is 224 Å². The first-order valence-electron chi connectivity index (χ1n) is 13.9. The highest BCUT2D eigenvalue weighted by molar-refractivity contribution is 5.99. The van der Waals surface area contributed by atoms with Crippen molar-refractivity contribution in [1.29, 1.82) is 0 Å². The van der Waals surface area contributed by atoms with Gasteiger partial charge in [-0.1, -0.05) is 37.3 Å². The van der Waals surface area contributed by atoms with Gasteiger partial charge >= 0.3 is 0 Å². The van der Waals surface area contributed by atoms with E-state index in [2.05, 4.69) is 15.5 Å². The summed E-state index contributed by atoms with van der Waals surface area (Å²) in [5.41, 5.74) is -0.958. The molecule has 4 heterocycles. The van der Waals surface area contributed by atoms with E-state index in [4.69, 9.17) is 9.47 Å². The lowest BCUT2D eigenvalue weighted by Crippen LogP contribution is -2.58. The third-order valence-electron chi connectivity index (χ3n) is 8.96. The Hall–Kier alpha value is -2.53. The summed E-state index contributed by atoms with van der Waals surface area (Å²) in [6, 6.07) is 8.21. The number of likely N-dealkylation sites (tertiary alicyclic amines) is 1. The average Bonchev–Trinajstić information content (AvgIpc) is 3.50. The molecule has 2 unspecified atom stereocenters. The van der Waals surface area contributed by atoms with E-state index in [-0.39, 0.29) is 24.3 Å². The van der Waals surface area contributed by atoms with Gasteiger partial charge in [-0.05, 0) is 31.7 Å². The topological polar surface area (TPSA) is 120 Å². The fourth-order valence-electron chi connectivity index (χ4n) is 7.02. The number of ether oxygens (including phenoxy) is 2. The molecule has 3 amide bonds. The van der Waals surface area contributed by atoms with Crippen LogP contribution < -0.4 is 10.6 Å². The Kier molecular flexibility index (Phi) is 7.77. The van der Waals surface area contributed by atoms with Crippen LogP contribution in [0.1, 0.15) is 38.7 Å². The summed E-state index contributed by atoms with van der Waals surface area (Å²) in [5, 5.41) is 16.2. The number of benzene rings is 1. The average molecular weight is 529 g/mol. The van der Waals surface area contributed by atoms with E-state index in [1.54, 1.807) is 0 Å². The third kappa shape index (κ3) is 4.61. The Morgan fingerprint density at radius 2 is 1.87 bits per heavy atom. The van der Waals surface area contributed by atoms with Gasteiger partial charge in [0.15, 0.2) is 0 Å². The maximum absolute atomic E-state index is 14.1. The van der Waals surface area contributed by atoms with Crippen molar-refractivity contribution < 1.29 is 29.0 Å². The summed E-state index contributed by atoms with van der Waals surface area (Å²) < 4.78 is 12.0. The van der Waals surface area contributed by atoms with Crippen LogP contribution in [0.2, 0.25) is 0 Å². The first-order chi connectivity index (χ1) is 18.3. The summed E-state index contributed by atoms with van der Waals surface area (Å²) in [6.07, 6.45) is 1.59. The van der Waals surface area contributed by atoms with Crippen molar-refractivity contribution in [3.05, 3.63) is 35.9 Å². The molecule has 1 aromatic carbocycles. The monoisotopic (exact) mass is 528 g/mol. The van der Waals surface area contributed by atoms with Crippen molar-refractivity contribution in [2.45, 2.75) is 62.9 Å². The molecule has 0 radical (unpaired) electrons. The molecule has 0 aromatic heterocycles. The molecular weight excluding hydrogens is 488 g/mol. The fraction of sp³-hybridized carbons (Fsp3) is 0.679. The molecule has 3 N–H and O–H groups in total. The number of aliphatic hydroxyl groups is 1. The van der Waals surface area contributed by atoms with Gasteiger partial charge in [0.05, 0.1) is 43.3 Å². The number of fused-ring (bicyclic) bond motifs is 1.